The summed E-state index contributed by atoms with van der Waals surface area (Å²) >= 11 is 1.58. The van der Waals surface area contributed by atoms with Gasteiger partial charge in [-0.25, -0.2) is 4.98 Å². The van der Waals surface area contributed by atoms with Gasteiger partial charge in [0, 0.05) is 12.6 Å². The average Bonchev–Trinajstić information content (AvgIpc) is 2.78. The van der Waals surface area contributed by atoms with Gasteiger partial charge in [-0.2, -0.15) is 0 Å². The number of hydrogen-bond acceptors (Lipinski definition) is 4. The van der Waals surface area contributed by atoms with E-state index in [9.17, 15) is 0 Å². The molecule has 108 valence electrons. The summed E-state index contributed by atoms with van der Waals surface area (Å²) in [4.78, 5) is 6.83. The fourth-order valence-electron chi connectivity index (χ4n) is 3.30. The molecule has 2 aromatic rings. The minimum Gasteiger partial charge on any atom is -0.375 e. The van der Waals surface area contributed by atoms with Crippen molar-refractivity contribution in [2.45, 2.75) is 45.2 Å². The zero-order valence-electron chi connectivity index (χ0n) is 12.3. The first-order valence-corrected chi connectivity index (χ1v) is 8.28. The number of rotatable bonds is 3. The van der Waals surface area contributed by atoms with E-state index in [1.165, 1.54) is 35.9 Å². The van der Waals surface area contributed by atoms with Crippen LogP contribution in [0.25, 0.3) is 10.2 Å². The lowest BCUT2D eigenvalue weighted by atomic mass is 9.86. The number of benzene rings is 1. The topological polar surface area (TPSA) is 42.2 Å². The van der Waals surface area contributed by atoms with E-state index in [1.54, 1.807) is 11.3 Å². The van der Waals surface area contributed by atoms with Gasteiger partial charge in [-0.05, 0) is 43.5 Å². The summed E-state index contributed by atoms with van der Waals surface area (Å²) in [5.41, 5.74) is 8.15. The van der Waals surface area contributed by atoms with E-state index in [-0.39, 0.29) is 0 Å². The first kappa shape index (κ1) is 13.8. The molecule has 1 aromatic carbocycles. The third kappa shape index (κ3) is 2.96. The Morgan fingerprint density at radius 2 is 2.25 bits per heavy atom. The molecule has 0 aliphatic heterocycles. The van der Waals surface area contributed by atoms with Crippen molar-refractivity contribution in [1.29, 1.82) is 0 Å². The predicted molar refractivity (Wildman–Crippen MR) is 86.9 cm³/mol. The van der Waals surface area contributed by atoms with Crippen molar-refractivity contribution >= 4 is 26.7 Å². The van der Waals surface area contributed by atoms with Crippen molar-refractivity contribution < 1.29 is 0 Å². The van der Waals surface area contributed by atoms with Gasteiger partial charge in [0.2, 0.25) is 0 Å². The Balaban J connectivity index is 1.71. The second kappa shape index (κ2) is 5.70. The quantitative estimate of drug-likeness (QED) is 0.932. The van der Waals surface area contributed by atoms with Crippen molar-refractivity contribution in [2.75, 3.05) is 12.8 Å². The monoisotopic (exact) mass is 289 g/mol. The second-order valence-corrected chi connectivity index (χ2v) is 7.26. The molecule has 0 bridgehead atoms. The Hall–Kier alpha value is -1.13. The van der Waals surface area contributed by atoms with Crippen molar-refractivity contribution in [2.24, 2.45) is 5.92 Å². The summed E-state index contributed by atoms with van der Waals surface area (Å²) in [6.45, 7) is 3.40. The molecule has 1 saturated carbocycles. The van der Waals surface area contributed by atoms with Crippen LogP contribution in [0.3, 0.4) is 0 Å². The molecule has 0 spiro atoms. The summed E-state index contributed by atoms with van der Waals surface area (Å²) in [5, 5.41) is 0.659. The molecule has 0 saturated heterocycles. The summed E-state index contributed by atoms with van der Waals surface area (Å²) in [6, 6.07) is 7.26. The second-order valence-electron chi connectivity index (χ2n) is 6.19. The fraction of sp³-hybridized carbons (Fsp3) is 0.562. The van der Waals surface area contributed by atoms with Gasteiger partial charge in [0.05, 0.1) is 10.2 Å². The first-order chi connectivity index (χ1) is 9.61. The molecule has 1 aliphatic carbocycles. The predicted octanol–water partition coefficient (Wildman–Crippen LogP) is 3.89. The van der Waals surface area contributed by atoms with Gasteiger partial charge < -0.3 is 5.73 Å². The van der Waals surface area contributed by atoms with Crippen molar-refractivity contribution in [1.82, 2.24) is 9.88 Å². The molecule has 2 N–H and O–H groups in total. The maximum Gasteiger partial charge on any atom is 0.181 e. The zero-order chi connectivity index (χ0) is 14.1. The molecule has 20 heavy (non-hydrogen) atoms. The molecule has 1 aromatic heterocycles. The van der Waals surface area contributed by atoms with E-state index in [0.29, 0.717) is 5.13 Å². The lowest BCUT2D eigenvalue weighted by Gasteiger charge is -2.34. The largest absolute Gasteiger partial charge is 0.375 e. The zero-order valence-corrected chi connectivity index (χ0v) is 13.1. The van der Waals surface area contributed by atoms with Crippen LogP contribution in [0.4, 0.5) is 5.13 Å². The van der Waals surface area contributed by atoms with E-state index < -0.39 is 0 Å². The number of fused-ring (bicyclic) bond motifs is 1. The van der Waals surface area contributed by atoms with Gasteiger partial charge in [0.15, 0.2) is 5.13 Å². The molecule has 1 fully saturated rings. The molecule has 3 rings (SSSR count). The van der Waals surface area contributed by atoms with Crippen LogP contribution in [0, 0.1) is 5.92 Å². The minimum atomic E-state index is 0.659. The summed E-state index contributed by atoms with van der Waals surface area (Å²) in [5.74, 6) is 0.875. The van der Waals surface area contributed by atoms with E-state index in [0.717, 1.165) is 24.0 Å². The summed E-state index contributed by atoms with van der Waals surface area (Å²) in [7, 11) is 2.26. The van der Waals surface area contributed by atoms with Crippen molar-refractivity contribution in [3.8, 4) is 0 Å². The van der Waals surface area contributed by atoms with Gasteiger partial charge in [-0.1, -0.05) is 37.2 Å². The number of hydrogen-bond donors (Lipinski definition) is 1. The molecular formula is C16H23N3S. The summed E-state index contributed by atoms with van der Waals surface area (Å²) < 4.78 is 1.20. The Morgan fingerprint density at radius 1 is 1.40 bits per heavy atom. The Bertz CT molecular complexity index is 592. The highest BCUT2D eigenvalue weighted by Crippen LogP contribution is 2.29. The van der Waals surface area contributed by atoms with Gasteiger partial charge in [-0.15, -0.1) is 0 Å². The number of anilines is 1. The van der Waals surface area contributed by atoms with E-state index >= 15 is 0 Å². The molecule has 2 atom stereocenters. The van der Waals surface area contributed by atoms with Crippen LogP contribution < -0.4 is 5.73 Å². The molecule has 3 nitrogen and oxygen atoms in total. The molecule has 0 radical (unpaired) electrons. The van der Waals surface area contributed by atoms with Gasteiger partial charge in [-0.3, -0.25) is 4.90 Å². The van der Waals surface area contributed by atoms with Crippen LogP contribution in [0.1, 0.15) is 38.2 Å². The highest BCUT2D eigenvalue weighted by Gasteiger charge is 2.22. The van der Waals surface area contributed by atoms with Gasteiger partial charge in [0.25, 0.3) is 0 Å². The lowest BCUT2D eigenvalue weighted by Crippen LogP contribution is -2.35. The van der Waals surface area contributed by atoms with Gasteiger partial charge >= 0.3 is 0 Å². The van der Waals surface area contributed by atoms with Crippen LogP contribution in [-0.2, 0) is 6.54 Å². The number of aromatic nitrogens is 1. The molecule has 1 heterocycles. The SMILES string of the molecule is CC1CCCC(N(C)Cc2ccc3nc(N)sc3c2)C1. The van der Waals surface area contributed by atoms with E-state index in [4.69, 9.17) is 5.73 Å². The van der Waals surface area contributed by atoms with Crippen LogP contribution in [-0.4, -0.2) is 23.0 Å². The number of nitrogen functional groups attached to an aromatic ring is 1. The molecular weight excluding hydrogens is 266 g/mol. The van der Waals surface area contributed by atoms with Crippen molar-refractivity contribution in [3.05, 3.63) is 23.8 Å². The third-order valence-electron chi connectivity index (χ3n) is 4.43. The number of nitrogens with two attached hydrogens (primary N) is 1. The maximum absolute atomic E-state index is 5.77. The normalized spacial score (nSPS) is 23.6. The Kier molecular flexibility index (Phi) is 3.94. The van der Waals surface area contributed by atoms with E-state index in [1.807, 2.05) is 0 Å². The Morgan fingerprint density at radius 3 is 3.05 bits per heavy atom. The maximum atomic E-state index is 5.77. The number of nitrogens with zero attached hydrogens (tertiary/aromatic N) is 2. The van der Waals surface area contributed by atoms with Crippen LogP contribution in [0.2, 0.25) is 0 Å². The third-order valence-corrected chi connectivity index (χ3v) is 5.28. The Labute approximate surface area is 124 Å². The lowest BCUT2D eigenvalue weighted by molar-refractivity contribution is 0.158. The van der Waals surface area contributed by atoms with E-state index in [2.05, 4.69) is 42.1 Å². The smallest absolute Gasteiger partial charge is 0.181 e. The number of thiazole rings is 1. The fourth-order valence-corrected chi connectivity index (χ4v) is 4.10. The first-order valence-electron chi connectivity index (χ1n) is 7.47. The molecule has 1 aliphatic rings. The van der Waals surface area contributed by atoms with Crippen LogP contribution in [0.15, 0.2) is 18.2 Å². The van der Waals surface area contributed by atoms with Gasteiger partial charge in [0.1, 0.15) is 0 Å². The summed E-state index contributed by atoms with van der Waals surface area (Å²) in [6.07, 6.45) is 5.46. The average molecular weight is 289 g/mol. The standard InChI is InChI=1S/C16H23N3S/c1-11-4-3-5-13(8-11)19(2)10-12-6-7-14-15(9-12)20-16(17)18-14/h6-7,9,11,13H,3-5,8,10H2,1-2H3,(H2,17,18). The molecule has 4 heteroatoms. The highest BCUT2D eigenvalue weighted by atomic mass is 32.1. The van der Waals surface area contributed by atoms with Crippen molar-refractivity contribution in [3.63, 3.8) is 0 Å². The van der Waals surface area contributed by atoms with Crippen LogP contribution >= 0.6 is 11.3 Å². The molecule has 2 unspecified atom stereocenters. The highest BCUT2D eigenvalue weighted by molar-refractivity contribution is 7.22. The van der Waals surface area contributed by atoms with Crippen LogP contribution in [0.5, 0.6) is 0 Å². The minimum absolute atomic E-state index is 0.659. The molecule has 0 amide bonds.